The van der Waals surface area contributed by atoms with E-state index in [0.717, 1.165) is 5.92 Å². The fraction of sp³-hybridized carbons (Fsp3) is 1.00. The number of hydrogen-bond acceptors (Lipinski definition) is 1. The highest BCUT2D eigenvalue weighted by atomic mass is 31.1. The second-order valence-electron chi connectivity index (χ2n) is 3.92. The summed E-state index contributed by atoms with van der Waals surface area (Å²) in [5.74, 6) is 0.892. The molecular formula is C7H15N2OP. The van der Waals surface area contributed by atoms with Crippen LogP contribution in [0.25, 0.3) is 0 Å². The molecule has 3 N–H and O–H groups in total. The van der Waals surface area contributed by atoms with Crippen molar-refractivity contribution in [3.63, 3.8) is 0 Å². The Labute approximate surface area is 67.6 Å². The molecule has 1 atom stereocenters. The van der Waals surface area contributed by atoms with Crippen molar-refractivity contribution in [3.8, 4) is 0 Å². The molecule has 0 aromatic heterocycles. The van der Waals surface area contributed by atoms with Gasteiger partial charge in [-0.2, -0.15) is 0 Å². The molecule has 0 aromatic carbocycles. The topological polar surface area (TPSA) is 55.1 Å². The van der Waals surface area contributed by atoms with Crippen LogP contribution in [-0.2, 0) is 4.57 Å². The van der Waals surface area contributed by atoms with Gasteiger partial charge in [-0.3, -0.25) is 15.2 Å². The third kappa shape index (κ3) is 1.37. The van der Waals surface area contributed by atoms with Gasteiger partial charge in [-0.25, -0.2) is 0 Å². The Hall–Kier alpha value is 0.150. The summed E-state index contributed by atoms with van der Waals surface area (Å²) in [6, 6.07) is 0. The minimum absolute atomic E-state index is 0.190. The van der Waals surface area contributed by atoms with Crippen LogP contribution >= 0.6 is 8.10 Å². The van der Waals surface area contributed by atoms with Crippen LogP contribution in [0, 0.1) is 5.92 Å². The van der Waals surface area contributed by atoms with Crippen LogP contribution in [0.3, 0.4) is 0 Å². The summed E-state index contributed by atoms with van der Waals surface area (Å²) in [4.78, 5) is 0. The maximum atomic E-state index is 10.8. The van der Waals surface area contributed by atoms with Crippen molar-refractivity contribution in [2.75, 3.05) is 0 Å². The summed E-state index contributed by atoms with van der Waals surface area (Å²) in [6.45, 7) is 0. The van der Waals surface area contributed by atoms with E-state index in [1.807, 2.05) is 0 Å². The van der Waals surface area contributed by atoms with E-state index in [9.17, 15) is 4.57 Å². The highest BCUT2D eigenvalue weighted by Gasteiger charge is 2.44. The van der Waals surface area contributed by atoms with Crippen LogP contribution in [0.5, 0.6) is 0 Å². The smallest absolute Gasteiger partial charge is 0.197 e. The van der Waals surface area contributed by atoms with Crippen LogP contribution in [0.1, 0.15) is 32.1 Å². The van der Waals surface area contributed by atoms with Crippen LogP contribution in [0.2, 0.25) is 0 Å². The summed E-state index contributed by atoms with van der Waals surface area (Å²) in [7, 11) is -1.96. The zero-order chi connectivity index (χ0) is 7.90. The first-order chi connectivity index (χ1) is 5.20. The highest BCUT2D eigenvalue weighted by molar-refractivity contribution is 7.39. The lowest BCUT2D eigenvalue weighted by Gasteiger charge is -2.26. The van der Waals surface area contributed by atoms with Gasteiger partial charge < -0.3 is 0 Å². The maximum Gasteiger partial charge on any atom is 0.197 e. The molecule has 2 aliphatic carbocycles. The third-order valence-corrected chi connectivity index (χ3v) is 3.91. The molecule has 0 radical (unpaired) electrons. The van der Waals surface area contributed by atoms with Crippen LogP contribution in [0.15, 0.2) is 0 Å². The van der Waals surface area contributed by atoms with Gasteiger partial charge in [0, 0.05) is 5.54 Å². The zero-order valence-electron chi connectivity index (χ0n) is 6.60. The molecule has 64 valence electrons. The lowest BCUT2D eigenvalue weighted by Crippen LogP contribution is -2.37. The van der Waals surface area contributed by atoms with Crippen molar-refractivity contribution in [2.45, 2.75) is 37.6 Å². The molecule has 2 rings (SSSR count). The standard InChI is InChI=1S/C7H15N2OP/c8-11(10)9-7-3-1-6(5-7)2-4-7/h6,11H,1-5H2,(H3,8,9,10). The first-order valence-electron chi connectivity index (χ1n) is 4.28. The molecule has 0 saturated heterocycles. The van der Waals surface area contributed by atoms with Gasteiger partial charge in [-0.1, -0.05) is 0 Å². The summed E-state index contributed by atoms with van der Waals surface area (Å²) < 4.78 is 10.8. The second kappa shape index (κ2) is 2.58. The van der Waals surface area contributed by atoms with Crippen molar-refractivity contribution in [3.05, 3.63) is 0 Å². The molecular weight excluding hydrogens is 159 g/mol. The molecule has 2 fully saturated rings. The van der Waals surface area contributed by atoms with E-state index in [1.165, 1.54) is 32.1 Å². The molecule has 0 amide bonds. The Morgan fingerprint density at radius 1 is 1.45 bits per heavy atom. The Balaban J connectivity index is 2.05. The van der Waals surface area contributed by atoms with E-state index in [0.29, 0.717) is 0 Å². The zero-order valence-corrected chi connectivity index (χ0v) is 7.60. The Kier molecular flexibility index (Phi) is 1.82. The van der Waals surface area contributed by atoms with Gasteiger partial charge in [-0.15, -0.1) is 0 Å². The number of hydrogen-bond donors (Lipinski definition) is 2. The first kappa shape index (κ1) is 7.78. The van der Waals surface area contributed by atoms with Crippen LogP contribution in [0.4, 0.5) is 0 Å². The summed E-state index contributed by atoms with van der Waals surface area (Å²) in [5.41, 5.74) is 5.48. The first-order valence-corrected chi connectivity index (χ1v) is 5.76. The van der Waals surface area contributed by atoms with Gasteiger partial charge in [0.15, 0.2) is 8.10 Å². The summed E-state index contributed by atoms with van der Waals surface area (Å²) in [6.07, 6.45) is 6.20. The molecule has 3 nitrogen and oxygen atoms in total. The lowest BCUT2D eigenvalue weighted by atomic mass is 9.95. The minimum atomic E-state index is -1.96. The number of rotatable bonds is 2. The quantitative estimate of drug-likeness (QED) is 0.619. The Morgan fingerprint density at radius 3 is 2.45 bits per heavy atom. The van der Waals surface area contributed by atoms with Gasteiger partial charge in [0.05, 0.1) is 0 Å². The summed E-state index contributed by atoms with van der Waals surface area (Å²) >= 11 is 0. The van der Waals surface area contributed by atoms with Gasteiger partial charge in [0.1, 0.15) is 0 Å². The minimum Gasteiger partial charge on any atom is -0.293 e. The van der Waals surface area contributed by atoms with E-state index < -0.39 is 8.10 Å². The molecule has 0 aliphatic heterocycles. The van der Waals surface area contributed by atoms with E-state index in [4.69, 9.17) is 5.50 Å². The Bertz CT molecular complexity index is 187. The maximum absolute atomic E-state index is 10.8. The van der Waals surface area contributed by atoms with Crippen molar-refractivity contribution in [1.82, 2.24) is 5.09 Å². The fourth-order valence-corrected chi connectivity index (χ4v) is 3.50. The van der Waals surface area contributed by atoms with E-state index >= 15 is 0 Å². The second-order valence-corrected chi connectivity index (χ2v) is 4.90. The fourth-order valence-electron chi connectivity index (χ4n) is 2.63. The van der Waals surface area contributed by atoms with E-state index in [2.05, 4.69) is 5.09 Å². The predicted molar refractivity (Wildman–Crippen MR) is 45.6 cm³/mol. The van der Waals surface area contributed by atoms with Crippen molar-refractivity contribution >= 4 is 8.10 Å². The average molecular weight is 174 g/mol. The average Bonchev–Trinajstić information content (AvgIpc) is 2.43. The van der Waals surface area contributed by atoms with Crippen LogP contribution in [-0.4, -0.2) is 5.54 Å². The van der Waals surface area contributed by atoms with E-state index in [-0.39, 0.29) is 5.54 Å². The third-order valence-electron chi connectivity index (χ3n) is 3.13. The van der Waals surface area contributed by atoms with Gasteiger partial charge >= 0.3 is 0 Å². The van der Waals surface area contributed by atoms with Crippen molar-refractivity contribution < 1.29 is 4.57 Å². The molecule has 11 heavy (non-hydrogen) atoms. The molecule has 1 unspecified atom stereocenters. The molecule has 0 heterocycles. The largest absolute Gasteiger partial charge is 0.293 e. The Morgan fingerprint density at radius 2 is 2.09 bits per heavy atom. The highest BCUT2D eigenvalue weighted by Crippen LogP contribution is 2.48. The number of nitrogens with one attached hydrogen (secondary N) is 1. The molecule has 4 heteroatoms. The van der Waals surface area contributed by atoms with Gasteiger partial charge in [0.25, 0.3) is 0 Å². The molecule has 0 aromatic rings. The summed E-state index contributed by atoms with van der Waals surface area (Å²) in [5, 5.41) is 3.07. The lowest BCUT2D eigenvalue weighted by molar-refractivity contribution is 0.383. The number of nitrogens with two attached hydrogens (primary N) is 1. The van der Waals surface area contributed by atoms with Gasteiger partial charge in [0.2, 0.25) is 0 Å². The monoisotopic (exact) mass is 174 g/mol. The van der Waals surface area contributed by atoms with E-state index in [1.54, 1.807) is 0 Å². The van der Waals surface area contributed by atoms with Crippen LogP contribution < -0.4 is 10.6 Å². The van der Waals surface area contributed by atoms with Crippen molar-refractivity contribution in [2.24, 2.45) is 11.4 Å². The number of fused-ring (bicyclic) bond motifs is 2. The predicted octanol–water partition coefficient (Wildman–Crippen LogP) is 1.26. The SMILES string of the molecule is N[PH](=O)NC12CCC(CC1)C2. The molecule has 2 saturated carbocycles. The molecule has 0 spiro atoms. The molecule has 2 bridgehead atoms. The van der Waals surface area contributed by atoms with Gasteiger partial charge in [-0.05, 0) is 38.0 Å². The van der Waals surface area contributed by atoms with Crippen molar-refractivity contribution in [1.29, 1.82) is 0 Å². The normalized spacial score (nSPS) is 44.6. The molecule has 2 aliphatic rings.